The third-order valence-corrected chi connectivity index (χ3v) is 5.40. The van der Waals surface area contributed by atoms with Gasteiger partial charge in [0.2, 0.25) is 0 Å². The standard InChI is InChI=1S/C18H21N3/c1-17(14-5-3-10-19-14)8-9-18(2,15-6-4-11-20-15)16-13(17)7-12-21-16/h3-7,10-12,19-21H,8-9H2,1-2H3. The molecule has 0 saturated carbocycles. The van der Waals surface area contributed by atoms with Crippen LogP contribution in [0, 0.1) is 0 Å². The van der Waals surface area contributed by atoms with Crippen molar-refractivity contribution in [1.29, 1.82) is 0 Å². The van der Waals surface area contributed by atoms with Crippen LogP contribution in [-0.2, 0) is 10.8 Å². The number of H-pyrrole nitrogens is 3. The van der Waals surface area contributed by atoms with Crippen LogP contribution in [0.25, 0.3) is 0 Å². The van der Waals surface area contributed by atoms with Gasteiger partial charge in [-0.05, 0) is 62.6 Å². The Morgan fingerprint density at radius 1 is 0.762 bits per heavy atom. The maximum absolute atomic E-state index is 3.52. The van der Waals surface area contributed by atoms with E-state index < -0.39 is 0 Å². The summed E-state index contributed by atoms with van der Waals surface area (Å²) in [5, 5.41) is 0. The highest BCUT2D eigenvalue weighted by molar-refractivity contribution is 5.47. The Morgan fingerprint density at radius 2 is 1.38 bits per heavy atom. The second-order valence-corrected chi connectivity index (χ2v) is 6.60. The molecule has 21 heavy (non-hydrogen) atoms. The van der Waals surface area contributed by atoms with Crippen molar-refractivity contribution in [3.05, 3.63) is 71.6 Å². The van der Waals surface area contributed by atoms with E-state index in [2.05, 4.69) is 65.3 Å². The van der Waals surface area contributed by atoms with Crippen LogP contribution in [0.3, 0.4) is 0 Å². The van der Waals surface area contributed by atoms with Crippen LogP contribution in [0.15, 0.2) is 48.9 Å². The second-order valence-electron chi connectivity index (χ2n) is 6.60. The van der Waals surface area contributed by atoms with Gasteiger partial charge in [0.25, 0.3) is 0 Å². The summed E-state index contributed by atoms with van der Waals surface area (Å²) in [6.45, 7) is 4.68. The minimum Gasteiger partial charge on any atom is -0.364 e. The van der Waals surface area contributed by atoms with Crippen LogP contribution in [0.5, 0.6) is 0 Å². The van der Waals surface area contributed by atoms with Gasteiger partial charge >= 0.3 is 0 Å². The van der Waals surface area contributed by atoms with E-state index >= 15 is 0 Å². The van der Waals surface area contributed by atoms with Crippen molar-refractivity contribution in [3.63, 3.8) is 0 Å². The van der Waals surface area contributed by atoms with E-state index in [0.29, 0.717) is 0 Å². The lowest BCUT2D eigenvalue weighted by molar-refractivity contribution is 0.355. The van der Waals surface area contributed by atoms with Crippen LogP contribution in [0.4, 0.5) is 0 Å². The Morgan fingerprint density at radius 3 is 2.00 bits per heavy atom. The third kappa shape index (κ3) is 1.60. The van der Waals surface area contributed by atoms with Gasteiger partial charge in [-0.1, -0.05) is 0 Å². The van der Waals surface area contributed by atoms with Crippen molar-refractivity contribution in [2.75, 3.05) is 0 Å². The topological polar surface area (TPSA) is 47.4 Å². The average molecular weight is 279 g/mol. The lowest BCUT2D eigenvalue weighted by atomic mass is 9.62. The van der Waals surface area contributed by atoms with E-state index in [9.17, 15) is 0 Å². The van der Waals surface area contributed by atoms with Gasteiger partial charge in [0, 0.05) is 46.5 Å². The summed E-state index contributed by atoms with van der Waals surface area (Å²) in [7, 11) is 0. The molecule has 0 saturated heterocycles. The fourth-order valence-corrected chi connectivity index (χ4v) is 3.94. The number of fused-ring (bicyclic) bond motifs is 1. The number of hydrogen-bond donors (Lipinski definition) is 3. The summed E-state index contributed by atoms with van der Waals surface area (Å²) in [5.41, 5.74) is 5.44. The average Bonchev–Trinajstić information content (AvgIpc) is 3.26. The molecular weight excluding hydrogens is 258 g/mol. The van der Waals surface area contributed by atoms with Crippen molar-refractivity contribution in [2.45, 2.75) is 37.5 Å². The molecule has 0 fully saturated rings. The lowest BCUT2D eigenvalue weighted by Crippen LogP contribution is -2.38. The van der Waals surface area contributed by atoms with Crippen molar-refractivity contribution in [1.82, 2.24) is 15.0 Å². The zero-order valence-corrected chi connectivity index (χ0v) is 12.5. The number of aromatic amines is 3. The molecule has 0 amide bonds. The molecule has 3 heteroatoms. The van der Waals surface area contributed by atoms with Crippen molar-refractivity contribution in [3.8, 4) is 0 Å². The van der Waals surface area contributed by atoms with E-state index in [0.717, 1.165) is 12.8 Å². The van der Waals surface area contributed by atoms with Gasteiger partial charge in [-0.25, -0.2) is 0 Å². The molecule has 4 rings (SSSR count). The highest BCUT2D eigenvalue weighted by Crippen LogP contribution is 2.50. The van der Waals surface area contributed by atoms with E-state index in [1.165, 1.54) is 22.6 Å². The Labute approximate surface area is 124 Å². The highest BCUT2D eigenvalue weighted by atomic mass is 14.8. The van der Waals surface area contributed by atoms with Crippen molar-refractivity contribution >= 4 is 0 Å². The summed E-state index contributed by atoms with van der Waals surface area (Å²) in [6, 6.07) is 10.8. The van der Waals surface area contributed by atoms with Gasteiger partial charge in [0.1, 0.15) is 0 Å². The molecule has 108 valence electrons. The van der Waals surface area contributed by atoms with Crippen LogP contribution in [0.2, 0.25) is 0 Å². The highest BCUT2D eigenvalue weighted by Gasteiger charge is 2.45. The first kappa shape index (κ1) is 12.6. The largest absolute Gasteiger partial charge is 0.364 e. The number of rotatable bonds is 2. The van der Waals surface area contributed by atoms with E-state index in [1.54, 1.807) is 0 Å². The molecule has 0 bridgehead atoms. The Kier molecular flexibility index (Phi) is 2.49. The van der Waals surface area contributed by atoms with E-state index in [-0.39, 0.29) is 10.8 Å². The molecule has 0 radical (unpaired) electrons. The quantitative estimate of drug-likeness (QED) is 0.633. The molecule has 3 aromatic rings. The molecule has 0 spiro atoms. The summed E-state index contributed by atoms with van der Waals surface area (Å²) in [4.78, 5) is 10.4. The summed E-state index contributed by atoms with van der Waals surface area (Å²) < 4.78 is 0. The van der Waals surface area contributed by atoms with Crippen molar-refractivity contribution in [2.24, 2.45) is 0 Å². The van der Waals surface area contributed by atoms with Crippen LogP contribution in [0.1, 0.15) is 49.3 Å². The first-order valence-electron chi connectivity index (χ1n) is 7.61. The van der Waals surface area contributed by atoms with Gasteiger partial charge in [0.15, 0.2) is 0 Å². The molecule has 3 heterocycles. The predicted octanol–water partition coefficient (Wildman–Crippen LogP) is 4.08. The molecule has 3 aromatic heterocycles. The summed E-state index contributed by atoms with van der Waals surface area (Å²) in [6.07, 6.45) is 8.37. The Hall–Kier alpha value is -2.16. The van der Waals surface area contributed by atoms with Crippen molar-refractivity contribution < 1.29 is 0 Å². The summed E-state index contributed by atoms with van der Waals surface area (Å²) in [5.74, 6) is 0. The molecule has 1 aliphatic carbocycles. The smallest absolute Gasteiger partial charge is 0.0479 e. The SMILES string of the molecule is CC1(c2ccc[nH]2)CCC(C)(c2ccc[nH]2)c2[nH]ccc21. The summed E-state index contributed by atoms with van der Waals surface area (Å²) >= 11 is 0. The molecule has 2 unspecified atom stereocenters. The van der Waals surface area contributed by atoms with Crippen LogP contribution >= 0.6 is 0 Å². The molecule has 3 N–H and O–H groups in total. The van der Waals surface area contributed by atoms with Crippen LogP contribution < -0.4 is 0 Å². The fraction of sp³-hybridized carbons (Fsp3) is 0.333. The number of nitrogens with one attached hydrogen (secondary N) is 3. The van der Waals surface area contributed by atoms with E-state index in [1.807, 2.05) is 12.4 Å². The van der Waals surface area contributed by atoms with Gasteiger partial charge in [-0.2, -0.15) is 0 Å². The molecule has 0 aliphatic heterocycles. The third-order valence-electron chi connectivity index (χ3n) is 5.40. The molecule has 0 aromatic carbocycles. The first-order chi connectivity index (χ1) is 10.1. The molecule has 1 aliphatic rings. The minimum absolute atomic E-state index is 0.0361. The maximum Gasteiger partial charge on any atom is 0.0479 e. The monoisotopic (exact) mass is 279 g/mol. The molecule has 3 nitrogen and oxygen atoms in total. The zero-order valence-electron chi connectivity index (χ0n) is 12.5. The maximum atomic E-state index is 3.52. The van der Waals surface area contributed by atoms with Gasteiger partial charge in [-0.15, -0.1) is 0 Å². The Bertz CT molecular complexity index is 673. The zero-order chi connectivity index (χ0) is 14.5. The van der Waals surface area contributed by atoms with E-state index in [4.69, 9.17) is 0 Å². The van der Waals surface area contributed by atoms with Crippen LogP contribution in [-0.4, -0.2) is 15.0 Å². The molecular formula is C18H21N3. The minimum atomic E-state index is 0.0361. The molecule has 2 atom stereocenters. The number of aromatic nitrogens is 3. The predicted molar refractivity (Wildman–Crippen MR) is 84.5 cm³/mol. The fourth-order valence-electron chi connectivity index (χ4n) is 3.94. The first-order valence-corrected chi connectivity index (χ1v) is 7.61. The Balaban J connectivity index is 1.89. The normalized spacial score (nSPS) is 28.5. The van der Waals surface area contributed by atoms with Gasteiger partial charge in [-0.3, -0.25) is 0 Å². The van der Waals surface area contributed by atoms with Gasteiger partial charge in [0.05, 0.1) is 0 Å². The lowest BCUT2D eigenvalue weighted by Gasteiger charge is -2.42. The van der Waals surface area contributed by atoms with Gasteiger partial charge < -0.3 is 15.0 Å². The number of hydrogen-bond acceptors (Lipinski definition) is 0. The second kappa shape index (κ2) is 4.17.